The quantitative estimate of drug-likeness (QED) is 0.914. The fourth-order valence-electron chi connectivity index (χ4n) is 1.66. The summed E-state index contributed by atoms with van der Waals surface area (Å²) >= 11 is 3.49. The molecule has 2 nitrogen and oxygen atoms in total. The molecule has 0 aliphatic heterocycles. The maximum absolute atomic E-state index is 9.95. The van der Waals surface area contributed by atoms with E-state index in [0.29, 0.717) is 6.10 Å². The van der Waals surface area contributed by atoms with Crippen molar-refractivity contribution in [2.75, 3.05) is 0 Å². The lowest BCUT2D eigenvalue weighted by atomic mass is 10.1. The molecule has 1 N–H and O–H groups in total. The SMILES string of the molecule is OC1(c2ccc(OC3CC3)c(Br)c2)CC1. The van der Waals surface area contributed by atoms with E-state index >= 15 is 0 Å². The highest BCUT2D eigenvalue weighted by atomic mass is 79.9. The van der Waals surface area contributed by atoms with Crippen LogP contribution in [0.25, 0.3) is 0 Å². The molecule has 3 rings (SSSR count). The van der Waals surface area contributed by atoms with Crippen LogP contribution in [0.5, 0.6) is 5.75 Å². The van der Waals surface area contributed by atoms with Gasteiger partial charge in [-0.2, -0.15) is 0 Å². The summed E-state index contributed by atoms with van der Waals surface area (Å²) in [5, 5.41) is 9.95. The number of rotatable bonds is 3. The Hall–Kier alpha value is -0.540. The zero-order valence-corrected chi connectivity index (χ0v) is 9.96. The molecule has 0 heterocycles. The molecule has 0 amide bonds. The van der Waals surface area contributed by atoms with E-state index in [4.69, 9.17) is 4.74 Å². The Bertz CT molecular complexity index is 395. The number of ether oxygens (including phenoxy) is 1. The molecule has 2 aliphatic rings. The van der Waals surface area contributed by atoms with Gasteiger partial charge in [-0.15, -0.1) is 0 Å². The van der Waals surface area contributed by atoms with Crippen molar-refractivity contribution in [1.29, 1.82) is 0 Å². The highest BCUT2D eigenvalue weighted by molar-refractivity contribution is 9.10. The number of hydrogen-bond donors (Lipinski definition) is 1. The van der Waals surface area contributed by atoms with Gasteiger partial charge in [0.05, 0.1) is 16.2 Å². The van der Waals surface area contributed by atoms with Gasteiger partial charge in [-0.3, -0.25) is 0 Å². The van der Waals surface area contributed by atoms with Crippen LogP contribution in [0.2, 0.25) is 0 Å². The van der Waals surface area contributed by atoms with Gasteiger partial charge in [0.25, 0.3) is 0 Å². The van der Waals surface area contributed by atoms with E-state index in [0.717, 1.165) is 41.5 Å². The van der Waals surface area contributed by atoms with Crippen molar-refractivity contribution in [1.82, 2.24) is 0 Å². The third-order valence-corrected chi connectivity index (χ3v) is 3.63. The monoisotopic (exact) mass is 268 g/mol. The van der Waals surface area contributed by atoms with Gasteiger partial charge in [0.2, 0.25) is 0 Å². The summed E-state index contributed by atoms with van der Waals surface area (Å²) in [6.45, 7) is 0. The Balaban J connectivity index is 1.85. The predicted octanol–water partition coefficient (Wildman–Crippen LogP) is 2.97. The molecule has 1 aromatic rings. The first kappa shape index (κ1) is 9.67. The Kier molecular flexibility index (Phi) is 2.08. The maximum atomic E-state index is 9.95. The molecule has 15 heavy (non-hydrogen) atoms. The normalized spacial score (nSPS) is 22.5. The van der Waals surface area contributed by atoms with E-state index in [-0.39, 0.29) is 0 Å². The highest BCUT2D eigenvalue weighted by Crippen LogP contribution is 2.47. The molecule has 0 radical (unpaired) electrons. The minimum absolute atomic E-state index is 0.413. The molecule has 1 aromatic carbocycles. The molecule has 0 spiro atoms. The summed E-state index contributed by atoms with van der Waals surface area (Å²) in [5.41, 5.74) is 0.443. The second-order valence-electron chi connectivity index (χ2n) is 4.49. The molecule has 2 fully saturated rings. The minimum atomic E-state index is -0.555. The van der Waals surface area contributed by atoms with Gasteiger partial charge in [0, 0.05) is 0 Å². The van der Waals surface area contributed by atoms with Crippen LogP contribution in [0.1, 0.15) is 31.2 Å². The molecule has 0 bridgehead atoms. The van der Waals surface area contributed by atoms with Crippen molar-refractivity contribution in [3.8, 4) is 5.75 Å². The van der Waals surface area contributed by atoms with Crippen molar-refractivity contribution in [3.63, 3.8) is 0 Å². The zero-order chi connectivity index (χ0) is 10.5. The van der Waals surface area contributed by atoms with E-state index in [2.05, 4.69) is 15.9 Å². The van der Waals surface area contributed by atoms with E-state index in [1.807, 2.05) is 18.2 Å². The molecule has 0 saturated heterocycles. The number of aliphatic hydroxyl groups is 1. The molecular weight excluding hydrogens is 256 g/mol. The first-order chi connectivity index (χ1) is 7.17. The summed E-state index contributed by atoms with van der Waals surface area (Å²) in [6, 6.07) is 5.90. The van der Waals surface area contributed by atoms with Gasteiger partial charge in [0.15, 0.2) is 0 Å². The van der Waals surface area contributed by atoms with Crippen LogP contribution in [0.15, 0.2) is 22.7 Å². The van der Waals surface area contributed by atoms with Crippen molar-refractivity contribution in [3.05, 3.63) is 28.2 Å². The van der Waals surface area contributed by atoms with E-state index in [9.17, 15) is 5.11 Å². The Morgan fingerprint density at radius 3 is 2.60 bits per heavy atom. The Labute approximate surface area is 97.4 Å². The number of benzene rings is 1. The largest absolute Gasteiger partial charge is 0.489 e. The van der Waals surface area contributed by atoms with Crippen molar-refractivity contribution in [2.45, 2.75) is 37.4 Å². The molecular formula is C12H13BrO2. The van der Waals surface area contributed by atoms with Crippen LogP contribution in [0.3, 0.4) is 0 Å². The van der Waals surface area contributed by atoms with Crippen LogP contribution < -0.4 is 4.74 Å². The van der Waals surface area contributed by atoms with Gasteiger partial charge in [-0.1, -0.05) is 6.07 Å². The topological polar surface area (TPSA) is 29.5 Å². The molecule has 0 unspecified atom stereocenters. The van der Waals surface area contributed by atoms with Gasteiger partial charge < -0.3 is 9.84 Å². The van der Waals surface area contributed by atoms with Crippen molar-refractivity contribution < 1.29 is 9.84 Å². The molecule has 80 valence electrons. The number of halogens is 1. The van der Waals surface area contributed by atoms with Crippen LogP contribution in [-0.4, -0.2) is 11.2 Å². The molecule has 2 aliphatic carbocycles. The van der Waals surface area contributed by atoms with E-state index < -0.39 is 5.60 Å². The second kappa shape index (κ2) is 3.22. The third-order valence-electron chi connectivity index (χ3n) is 3.01. The zero-order valence-electron chi connectivity index (χ0n) is 8.37. The first-order valence-corrected chi connectivity index (χ1v) is 6.16. The van der Waals surface area contributed by atoms with Crippen molar-refractivity contribution in [2.24, 2.45) is 0 Å². The summed E-state index contributed by atoms with van der Waals surface area (Å²) < 4.78 is 6.67. The van der Waals surface area contributed by atoms with Gasteiger partial charge >= 0.3 is 0 Å². The summed E-state index contributed by atoms with van der Waals surface area (Å²) in [7, 11) is 0. The fourth-order valence-corrected chi connectivity index (χ4v) is 2.13. The lowest BCUT2D eigenvalue weighted by Crippen LogP contribution is -2.04. The second-order valence-corrected chi connectivity index (χ2v) is 5.35. The lowest BCUT2D eigenvalue weighted by Gasteiger charge is -2.11. The minimum Gasteiger partial charge on any atom is -0.489 e. The average Bonchev–Trinajstić information content (AvgIpc) is 3.08. The van der Waals surface area contributed by atoms with Crippen LogP contribution in [0, 0.1) is 0 Å². The average molecular weight is 269 g/mol. The smallest absolute Gasteiger partial charge is 0.133 e. The summed E-state index contributed by atoms with van der Waals surface area (Å²) in [6.07, 6.45) is 4.50. The Morgan fingerprint density at radius 1 is 1.33 bits per heavy atom. The summed E-state index contributed by atoms with van der Waals surface area (Å²) in [5.74, 6) is 0.894. The molecule has 3 heteroatoms. The van der Waals surface area contributed by atoms with Crippen molar-refractivity contribution >= 4 is 15.9 Å². The van der Waals surface area contributed by atoms with Crippen LogP contribution in [-0.2, 0) is 5.60 Å². The molecule has 2 saturated carbocycles. The fraction of sp³-hybridized carbons (Fsp3) is 0.500. The van der Waals surface area contributed by atoms with E-state index in [1.165, 1.54) is 0 Å². The lowest BCUT2D eigenvalue weighted by molar-refractivity contribution is 0.151. The highest BCUT2D eigenvalue weighted by Gasteiger charge is 2.42. The van der Waals surface area contributed by atoms with E-state index in [1.54, 1.807) is 0 Å². The van der Waals surface area contributed by atoms with Gasteiger partial charge in [-0.25, -0.2) is 0 Å². The summed E-state index contributed by atoms with van der Waals surface area (Å²) in [4.78, 5) is 0. The first-order valence-electron chi connectivity index (χ1n) is 5.36. The van der Waals surface area contributed by atoms with Gasteiger partial charge in [0.1, 0.15) is 5.75 Å². The van der Waals surface area contributed by atoms with Gasteiger partial charge in [-0.05, 0) is 59.3 Å². The van der Waals surface area contributed by atoms with Crippen LogP contribution in [0.4, 0.5) is 0 Å². The van der Waals surface area contributed by atoms with Crippen LogP contribution >= 0.6 is 15.9 Å². The number of hydrogen-bond acceptors (Lipinski definition) is 2. The maximum Gasteiger partial charge on any atom is 0.133 e. The standard InChI is InChI=1S/C12H13BrO2/c13-10-7-8(12(14)5-6-12)1-4-11(10)15-9-2-3-9/h1,4,7,9,14H,2-3,5-6H2. The third kappa shape index (κ3) is 1.91. The molecule has 0 atom stereocenters. The predicted molar refractivity (Wildman–Crippen MR) is 60.9 cm³/mol. The Morgan fingerprint density at radius 2 is 2.07 bits per heavy atom. The molecule has 0 aromatic heterocycles.